The summed E-state index contributed by atoms with van der Waals surface area (Å²) in [6, 6.07) is 0. The van der Waals surface area contributed by atoms with Crippen LogP contribution in [0.2, 0.25) is 0 Å². The molecule has 0 aromatic carbocycles. The Morgan fingerprint density at radius 3 is 2.11 bits per heavy atom. The van der Waals surface area contributed by atoms with Crippen molar-refractivity contribution >= 4 is 21.7 Å². The molecule has 0 atom stereocenters. The Bertz CT molecular complexity index is 436. The summed E-state index contributed by atoms with van der Waals surface area (Å²) in [6.45, 7) is 6.53. The predicted octanol–water partition coefficient (Wildman–Crippen LogP) is -0.722. The molecule has 102 valence electrons. The zero-order valence-corrected chi connectivity index (χ0v) is 11.3. The van der Waals surface area contributed by atoms with E-state index >= 15 is 0 Å². The number of hydrogen-bond acceptors (Lipinski definition) is 4. The summed E-state index contributed by atoms with van der Waals surface area (Å²) >= 11 is 0. The highest BCUT2D eigenvalue weighted by Gasteiger charge is 2.25. The van der Waals surface area contributed by atoms with Crippen LogP contribution in [0.1, 0.15) is 6.92 Å². The molecule has 2 amide bonds. The molecule has 6 nitrogen and oxygen atoms in total. The average molecular weight is 274 g/mol. The minimum Gasteiger partial charge on any atom is -0.339 e. The van der Waals surface area contributed by atoms with E-state index in [1.165, 1.54) is 17.9 Å². The van der Waals surface area contributed by atoms with Gasteiger partial charge in [-0.25, -0.2) is 8.42 Å². The fourth-order valence-corrected chi connectivity index (χ4v) is 2.82. The van der Waals surface area contributed by atoms with Gasteiger partial charge < -0.3 is 9.80 Å². The predicted molar refractivity (Wildman–Crippen MR) is 67.7 cm³/mol. The molecule has 1 rings (SSSR count). The quantitative estimate of drug-likeness (QED) is 0.634. The molecule has 1 aliphatic heterocycles. The van der Waals surface area contributed by atoms with Gasteiger partial charge in [-0.1, -0.05) is 6.08 Å². The Morgan fingerprint density at radius 2 is 1.67 bits per heavy atom. The topological polar surface area (TPSA) is 74.8 Å². The number of carbonyl (C=O) groups is 2. The van der Waals surface area contributed by atoms with Crippen molar-refractivity contribution in [2.24, 2.45) is 0 Å². The van der Waals surface area contributed by atoms with E-state index in [1.807, 2.05) is 0 Å². The lowest BCUT2D eigenvalue weighted by Gasteiger charge is -2.34. The lowest BCUT2D eigenvalue weighted by molar-refractivity contribution is -0.136. The van der Waals surface area contributed by atoms with E-state index in [-0.39, 0.29) is 11.7 Å². The first-order valence-electron chi connectivity index (χ1n) is 5.70. The van der Waals surface area contributed by atoms with Crippen molar-refractivity contribution in [1.29, 1.82) is 0 Å². The smallest absolute Gasteiger partial charge is 0.237 e. The van der Waals surface area contributed by atoms with E-state index in [2.05, 4.69) is 6.58 Å². The van der Waals surface area contributed by atoms with Gasteiger partial charge in [-0.3, -0.25) is 9.59 Å². The highest BCUT2D eigenvalue weighted by Crippen LogP contribution is 2.04. The van der Waals surface area contributed by atoms with Crippen molar-refractivity contribution in [3.05, 3.63) is 12.7 Å². The zero-order chi connectivity index (χ0) is 13.8. The van der Waals surface area contributed by atoms with E-state index in [0.29, 0.717) is 26.2 Å². The molecule has 0 aromatic heterocycles. The van der Waals surface area contributed by atoms with Gasteiger partial charge in [0.2, 0.25) is 11.8 Å². The largest absolute Gasteiger partial charge is 0.339 e. The van der Waals surface area contributed by atoms with Crippen LogP contribution < -0.4 is 0 Å². The van der Waals surface area contributed by atoms with E-state index in [0.717, 1.165) is 0 Å². The number of rotatable bonds is 4. The third-order valence-corrected chi connectivity index (χ3v) is 4.22. The van der Waals surface area contributed by atoms with Gasteiger partial charge in [-0.2, -0.15) is 0 Å². The maximum Gasteiger partial charge on any atom is 0.237 e. The number of nitrogens with zero attached hydrogens (tertiary/aromatic N) is 2. The Balaban J connectivity index is 2.51. The molecule has 18 heavy (non-hydrogen) atoms. The van der Waals surface area contributed by atoms with Crippen molar-refractivity contribution in [2.45, 2.75) is 6.92 Å². The first-order valence-corrected chi connectivity index (χ1v) is 7.52. The molecule has 0 unspecified atom stereocenters. The van der Waals surface area contributed by atoms with Gasteiger partial charge in [0.25, 0.3) is 0 Å². The number of piperazine rings is 1. The van der Waals surface area contributed by atoms with Crippen LogP contribution in [0.5, 0.6) is 0 Å². The summed E-state index contributed by atoms with van der Waals surface area (Å²) in [7, 11) is -3.40. The van der Waals surface area contributed by atoms with Crippen LogP contribution in [0.15, 0.2) is 12.7 Å². The van der Waals surface area contributed by atoms with Crippen LogP contribution in [0.3, 0.4) is 0 Å². The average Bonchev–Trinajstić information content (AvgIpc) is 2.28. The summed E-state index contributed by atoms with van der Waals surface area (Å²) < 4.78 is 22.9. The Labute approximate surface area is 107 Å². The fraction of sp³-hybridized carbons (Fsp3) is 0.636. The van der Waals surface area contributed by atoms with Crippen LogP contribution in [0, 0.1) is 0 Å². The standard InChI is InChI=1S/C11H18N2O4S/c1-3-8-18(16,17)9-11(15)13-6-4-12(5-7-13)10(2)14/h3H,1,4-9H2,2H3. The molecule has 1 aliphatic rings. The molecule has 1 heterocycles. The molecule has 0 aromatic rings. The van der Waals surface area contributed by atoms with Crippen LogP contribution in [0.4, 0.5) is 0 Å². The lowest BCUT2D eigenvalue weighted by atomic mass is 10.3. The molecule has 1 fully saturated rings. The van der Waals surface area contributed by atoms with Crippen LogP contribution >= 0.6 is 0 Å². The van der Waals surface area contributed by atoms with Gasteiger partial charge >= 0.3 is 0 Å². The molecule has 7 heteroatoms. The molecule has 0 saturated carbocycles. The Morgan fingerprint density at radius 1 is 1.17 bits per heavy atom. The highest BCUT2D eigenvalue weighted by molar-refractivity contribution is 7.92. The summed E-state index contributed by atoms with van der Waals surface area (Å²) in [5.41, 5.74) is 0. The summed E-state index contributed by atoms with van der Waals surface area (Å²) in [6.07, 6.45) is 1.27. The maximum absolute atomic E-state index is 11.8. The number of carbonyl (C=O) groups excluding carboxylic acids is 2. The van der Waals surface area contributed by atoms with E-state index in [9.17, 15) is 18.0 Å². The molecular formula is C11H18N2O4S. The van der Waals surface area contributed by atoms with E-state index in [1.54, 1.807) is 4.90 Å². The first kappa shape index (κ1) is 14.7. The summed E-state index contributed by atoms with van der Waals surface area (Å²) in [5, 5.41) is 0. The molecular weight excluding hydrogens is 256 g/mol. The second kappa shape index (κ2) is 5.99. The molecule has 0 radical (unpaired) electrons. The van der Waals surface area contributed by atoms with Crippen molar-refractivity contribution in [1.82, 2.24) is 9.80 Å². The fourth-order valence-electron chi connectivity index (χ4n) is 1.79. The lowest BCUT2D eigenvalue weighted by Crippen LogP contribution is -2.51. The number of amides is 2. The van der Waals surface area contributed by atoms with Gasteiger partial charge in [-0.15, -0.1) is 6.58 Å². The highest BCUT2D eigenvalue weighted by atomic mass is 32.2. The van der Waals surface area contributed by atoms with Crippen molar-refractivity contribution in [3.63, 3.8) is 0 Å². The third-order valence-electron chi connectivity index (χ3n) is 2.79. The van der Waals surface area contributed by atoms with Crippen LogP contribution in [0.25, 0.3) is 0 Å². The van der Waals surface area contributed by atoms with Crippen LogP contribution in [-0.2, 0) is 19.4 Å². The monoisotopic (exact) mass is 274 g/mol. The Kier molecular flexibility index (Phi) is 4.89. The Hall–Kier alpha value is -1.37. The van der Waals surface area contributed by atoms with E-state index in [4.69, 9.17) is 0 Å². The normalized spacial score (nSPS) is 16.5. The van der Waals surface area contributed by atoms with Gasteiger partial charge in [0.05, 0.1) is 5.75 Å². The number of hydrogen-bond donors (Lipinski definition) is 0. The van der Waals surface area contributed by atoms with Gasteiger partial charge in [0.1, 0.15) is 5.75 Å². The summed E-state index contributed by atoms with van der Waals surface area (Å²) in [4.78, 5) is 26.0. The number of sulfone groups is 1. The molecule has 0 aliphatic carbocycles. The molecule has 0 N–H and O–H groups in total. The van der Waals surface area contributed by atoms with Gasteiger partial charge in [-0.05, 0) is 0 Å². The second-order valence-electron chi connectivity index (χ2n) is 4.23. The minimum atomic E-state index is -3.40. The summed E-state index contributed by atoms with van der Waals surface area (Å²) in [5.74, 6) is -1.10. The SMILES string of the molecule is C=CCS(=O)(=O)CC(=O)N1CCN(C(C)=O)CC1. The van der Waals surface area contributed by atoms with Crippen LogP contribution in [-0.4, -0.2) is 67.7 Å². The first-order chi connectivity index (χ1) is 8.35. The third kappa shape index (κ3) is 4.14. The van der Waals surface area contributed by atoms with Crippen molar-refractivity contribution in [3.8, 4) is 0 Å². The molecule has 0 bridgehead atoms. The maximum atomic E-state index is 11.8. The minimum absolute atomic E-state index is 0.0265. The molecule has 0 spiro atoms. The van der Waals surface area contributed by atoms with Gasteiger partial charge in [0, 0.05) is 33.1 Å². The van der Waals surface area contributed by atoms with Crippen molar-refractivity contribution in [2.75, 3.05) is 37.7 Å². The molecule has 1 saturated heterocycles. The second-order valence-corrected chi connectivity index (χ2v) is 6.34. The van der Waals surface area contributed by atoms with E-state index < -0.39 is 21.5 Å². The van der Waals surface area contributed by atoms with Gasteiger partial charge in [0.15, 0.2) is 9.84 Å². The van der Waals surface area contributed by atoms with Crippen molar-refractivity contribution < 1.29 is 18.0 Å². The zero-order valence-electron chi connectivity index (χ0n) is 10.5.